The Kier molecular flexibility index (Phi) is 12.8. The Bertz CT molecular complexity index is 2580. The Balaban J connectivity index is 0.802. The highest BCUT2D eigenvalue weighted by atomic mass is 35.5. The minimum atomic E-state index is -0.690. The molecule has 2 amide bonds. The van der Waals surface area contributed by atoms with Crippen LogP contribution in [0.1, 0.15) is 87.7 Å². The number of hydrogen-bond donors (Lipinski definition) is 1. The predicted octanol–water partition coefficient (Wildman–Crippen LogP) is 6.75. The summed E-state index contributed by atoms with van der Waals surface area (Å²) in [7, 11) is 4.00. The molecule has 3 fully saturated rings. The van der Waals surface area contributed by atoms with E-state index in [2.05, 4.69) is 58.0 Å². The van der Waals surface area contributed by atoms with Crippen molar-refractivity contribution in [2.45, 2.75) is 83.4 Å². The second-order valence-electron chi connectivity index (χ2n) is 17.6. The standard InChI is InChI=1S/C48H56ClN9O5/c1-6-62-44-32(28-50)25-34(26-39(44)49)48(2,3)33-7-10-38(11-8-33)63-30-35-15-20-51-46(52-35)57-21-16-31(17-22-57)29-54(4)36-18-23-56(24-19-36)37-9-12-40-42(27-37)55(5)47(61)58(40)41-13-14-43(59)53-45(41)60/h7-12,15,20,25-27,31,36,41H,6,13-14,16-19,21-24,29-30H2,1-5H3,(H,53,59,60). The highest BCUT2D eigenvalue weighted by Gasteiger charge is 2.32. The first-order valence-corrected chi connectivity index (χ1v) is 22.4. The van der Waals surface area contributed by atoms with Crippen LogP contribution in [0.5, 0.6) is 11.5 Å². The van der Waals surface area contributed by atoms with Crippen LogP contribution < -0.4 is 30.3 Å². The molecule has 1 unspecified atom stereocenters. The molecule has 8 rings (SSSR count). The normalized spacial score (nSPS) is 17.9. The summed E-state index contributed by atoms with van der Waals surface area (Å²) in [5.74, 6) is 1.78. The zero-order valence-electron chi connectivity index (χ0n) is 36.8. The predicted molar refractivity (Wildman–Crippen MR) is 244 cm³/mol. The molecule has 0 bridgehead atoms. The first-order chi connectivity index (χ1) is 30.3. The molecule has 3 aromatic carbocycles. The third-order valence-electron chi connectivity index (χ3n) is 13.3. The molecule has 5 heterocycles. The van der Waals surface area contributed by atoms with Gasteiger partial charge in [0, 0.05) is 69.5 Å². The molecule has 0 aliphatic carbocycles. The van der Waals surface area contributed by atoms with Crippen LogP contribution in [0.3, 0.4) is 0 Å². The number of ether oxygens (including phenoxy) is 2. The van der Waals surface area contributed by atoms with Crippen LogP contribution in [-0.4, -0.2) is 88.2 Å². The molecule has 14 nitrogen and oxygen atoms in total. The molecule has 3 saturated heterocycles. The fourth-order valence-electron chi connectivity index (χ4n) is 9.45. The van der Waals surface area contributed by atoms with E-state index < -0.39 is 17.4 Å². The number of benzene rings is 3. The van der Waals surface area contributed by atoms with Gasteiger partial charge in [-0.25, -0.2) is 14.8 Å². The van der Waals surface area contributed by atoms with E-state index in [4.69, 9.17) is 26.1 Å². The highest BCUT2D eigenvalue weighted by Crippen LogP contribution is 2.39. The lowest BCUT2D eigenvalue weighted by atomic mass is 9.77. The van der Waals surface area contributed by atoms with Crippen molar-refractivity contribution in [3.8, 4) is 17.6 Å². The summed E-state index contributed by atoms with van der Waals surface area (Å²) in [5, 5.41) is 12.6. The quantitative estimate of drug-likeness (QED) is 0.125. The van der Waals surface area contributed by atoms with Crippen molar-refractivity contribution in [1.29, 1.82) is 5.26 Å². The Morgan fingerprint density at radius 1 is 0.905 bits per heavy atom. The molecule has 0 saturated carbocycles. The maximum Gasteiger partial charge on any atom is 0.329 e. The van der Waals surface area contributed by atoms with Gasteiger partial charge in [-0.1, -0.05) is 37.6 Å². The van der Waals surface area contributed by atoms with Gasteiger partial charge in [-0.3, -0.25) is 24.0 Å². The first-order valence-electron chi connectivity index (χ1n) is 22.0. The highest BCUT2D eigenvalue weighted by molar-refractivity contribution is 6.32. The number of rotatable bonds is 13. The van der Waals surface area contributed by atoms with Crippen LogP contribution in [0.25, 0.3) is 11.0 Å². The number of aryl methyl sites for hydroxylation is 1. The number of hydrogen-bond acceptors (Lipinski definition) is 11. The minimum absolute atomic E-state index is 0.219. The lowest BCUT2D eigenvalue weighted by molar-refractivity contribution is -0.135. The number of nitrogens with zero attached hydrogens (tertiary/aromatic N) is 8. The molecular formula is C48H56ClN9O5. The molecule has 330 valence electrons. The number of carbonyl (C=O) groups excluding carboxylic acids is 2. The fraction of sp³-hybridized carbons (Fsp3) is 0.458. The van der Waals surface area contributed by atoms with E-state index in [0.717, 1.165) is 98.1 Å². The van der Waals surface area contributed by atoms with Gasteiger partial charge >= 0.3 is 5.69 Å². The lowest BCUT2D eigenvalue weighted by Crippen LogP contribution is -2.46. The largest absolute Gasteiger partial charge is 0.491 e. The molecular weight excluding hydrogens is 818 g/mol. The molecule has 3 aliphatic rings. The van der Waals surface area contributed by atoms with Gasteiger partial charge in [0.1, 0.15) is 24.5 Å². The van der Waals surface area contributed by atoms with E-state index in [1.165, 1.54) is 4.57 Å². The number of nitriles is 1. The number of carbonyl (C=O) groups is 2. The van der Waals surface area contributed by atoms with Gasteiger partial charge in [-0.2, -0.15) is 5.26 Å². The van der Waals surface area contributed by atoms with Crippen molar-refractivity contribution in [2.75, 3.05) is 56.2 Å². The summed E-state index contributed by atoms with van der Waals surface area (Å²) in [4.78, 5) is 54.4. The second-order valence-corrected chi connectivity index (χ2v) is 18.0. The van der Waals surface area contributed by atoms with E-state index in [1.54, 1.807) is 11.6 Å². The fourth-order valence-corrected chi connectivity index (χ4v) is 9.73. The minimum Gasteiger partial charge on any atom is -0.491 e. The van der Waals surface area contributed by atoms with Crippen molar-refractivity contribution in [1.82, 2.24) is 29.3 Å². The number of aromatic nitrogens is 4. The molecule has 0 radical (unpaired) electrons. The van der Waals surface area contributed by atoms with E-state index in [9.17, 15) is 19.6 Å². The smallest absolute Gasteiger partial charge is 0.329 e. The Morgan fingerprint density at radius 2 is 1.63 bits per heavy atom. The SMILES string of the molecule is CCOc1c(Cl)cc(C(C)(C)c2ccc(OCc3ccnc(N4CCC(CN(C)C5CCN(c6ccc7c(c6)n(C)c(=O)n7C6CCC(=O)NC6=O)CC5)CC4)n3)cc2)cc1C#N. The maximum atomic E-state index is 13.3. The number of nitrogens with one attached hydrogen (secondary N) is 1. The monoisotopic (exact) mass is 873 g/mol. The summed E-state index contributed by atoms with van der Waals surface area (Å²) in [6.07, 6.45) is 6.61. The summed E-state index contributed by atoms with van der Waals surface area (Å²) in [6.45, 7) is 11.6. The first kappa shape index (κ1) is 43.7. The number of halogens is 1. The van der Waals surface area contributed by atoms with Crippen molar-refractivity contribution in [3.63, 3.8) is 0 Å². The summed E-state index contributed by atoms with van der Waals surface area (Å²) < 4.78 is 14.9. The van der Waals surface area contributed by atoms with Crippen LogP contribution in [0.15, 0.2) is 71.7 Å². The maximum absolute atomic E-state index is 13.3. The van der Waals surface area contributed by atoms with E-state index in [0.29, 0.717) is 53.4 Å². The number of imidazole rings is 1. The second kappa shape index (κ2) is 18.4. The average Bonchev–Trinajstić information content (AvgIpc) is 3.54. The van der Waals surface area contributed by atoms with Gasteiger partial charge in [0.15, 0.2) is 5.75 Å². The van der Waals surface area contributed by atoms with Gasteiger partial charge in [0.2, 0.25) is 17.8 Å². The molecule has 2 aromatic heterocycles. The van der Waals surface area contributed by atoms with Gasteiger partial charge in [-0.15, -0.1) is 0 Å². The summed E-state index contributed by atoms with van der Waals surface area (Å²) in [5.41, 5.74) is 5.13. The number of imide groups is 1. The number of fused-ring (bicyclic) bond motifs is 1. The van der Waals surface area contributed by atoms with Crippen LogP contribution in [0.4, 0.5) is 11.6 Å². The van der Waals surface area contributed by atoms with Crippen molar-refractivity contribution < 1.29 is 19.1 Å². The Labute approximate surface area is 373 Å². The number of amides is 2. The van der Waals surface area contributed by atoms with Gasteiger partial charge < -0.3 is 24.2 Å². The Hall–Kier alpha value is -5.91. The molecule has 3 aliphatic heterocycles. The zero-order valence-corrected chi connectivity index (χ0v) is 37.5. The van der Waals surface area contributed by atoms with Crippen molar-refractivity contribution >= 4 is 46.1 Å². The van der Waals surface area contributed by atoms with Crippen LogP contribution in [-0.2, 0) is 28.7 Å². The van der Waals surface area contributed by atoms with Crippen molar-refractivity contribution in [2.24, 2.45) is 13.0 Å². The molecule has 1 N–H and O–H groups in total. The van der Waals surface area contributed by atoms with Crippen molar-refractivity contribution in [3.05, 3.63) is 105 Å². The molecule has 15 heteroatoms. The Morgan fingerprint density at radius 3 is 2.33 bits per heavy atom. The lowest BCUT2D eigenvalue weighted by Gasteiger charge is -2.40. The summed E-state index contributed by atoms with van der Waals surface area (Å²) >= 11 is 6.55. The van der Waals surface area contributed by atoms with E-state index in [-0.39, 0.29) is 18.0 Å². The third kappa shape index (κ3) is 9.13. The number of anilines is 2. The average molecular weight is 874 g/mol. The molecule has 1 atom stereocenters. The van der Waals surface area contributed by atoms with E-state index in [1.807, 2.05) is 67.7 Å². The van der Waals surface area contributed by atoms with Gasteiger partial charge in [0.05, 0.1) is 33.9 Å². The van der Waals surface area contributed by atoms with E-state index >= 15 is 0 Å². The van der Waals surface area contributed by atoms with Crippen LogP contribution in [0, 0.1) is 17.2 Å². The molecule has 63 heavy (non-hydrogen) atoms. The van der Waals surface area contributed by atoms with Gasteiger partial charge in [-0.05, 0) is 112 Å². The van der Waals surface area contributed by atoms with Crippen LogP contribution >= 0.6 is 11.6 Å². The van der Waals surface area contributed by atoms with Gasteiger partial charge in [0.25, 0.3) is 0 Å². The summed E-state index contributed by atoms with van der Waals surface area (Å²) in [6, 6.07) is 21.7. The third-order valence-corrected chi connectivity index (χ3v) is 13.6. The number of piperidine rings is 3. The zero-order chi connectivity index (χ0) is 44.4. The molecule has 0 spiro atoms. The topological polar surface area (TPSA) is 151 Å². The van der Waals surface area contributed by atoms with Crippen LogP contribution in [0.2, 0.25) is 5.02 Å². The molecule has 5 aromatic rings.